The fraction of sp³-hybridized carbons (Fsp3) is 0.480. The monoisotopic (exact) mass is 526 g/mol. The van der Waals surface area contributed by atoms with Crippen LogP contribution in [0.3, 0.4) is 0 Å². The predicted octanol–water partition coefficient (Wildman–Crippen LogP) is 2.88. The number of hydrogen-bond donors (Lipinski definition) is 2. The first-order chi connectivity index (χ1) is 17.7. The summed E-state index contributed by atoms with van der Waals surface area (Å²) in [5.74, 6) is 0.816. The van der Waals surface area contributed by atoms with Gasteiger partial charge in [0.2, 0.25) is 10.0 Å². The maximum atomic E-state index is 12.7. The molecule has 0 amide bonds. The van der Waals surface area contributed by atoms with Gasteiger partial charge in [0.05, 0.1) is 35.2 Å². The molecule has 5 rings (SSSR count). The first kappa shape index (κ1) is 25.4. The number of rotatable bonds is 7. The Bertz CT molecular complexity index is 1370. The van der Waals surface area contributed by atoms with Crippen LogP contribution in [0.15, 0.2) is 41.7 Å². The minimum atomic E-state index is -3.67. The van der Waals surface area contributed by atoms with Crippen molar-refractivity contribution in [3.05, 3.63) is 36.8 Å². The average Bonchev–Trinajstić information content (AvgIpc) is 3.54. The highest BCUT2D eigenvalue weighted by Crippen LogP contribution is 2.34. The Kier molecular flexibility index (Phi) is 7.06. The van der Waals surface area contributed by atoms with E-state index in [2.05, 4.69) is 43.6 Å². The highest BCUT2D eigenvalue weighted by atomic mass is 32.2. The normalized spacial score (nSPS) is 19.4. The maximum absolute atomic E-state index is 12.7. The van der Waals surface area contributed by atoms with Crippen molar-refractivity contribution in [2.45, 2.75) is 49.6 Å². The molecule has 3 aromatic rings. The van der Waals surface area contributed by atoms with Gasteiger partial charge >= 0.3 is 0 Å². The highest BCUT2D eigenvalue weighted by molar-refractivity contribution is 7.89. The SMILES string of the molecule is CNS(=O)(=O)c1cc(-c2cnc(N)c(Oc3cnn(C4CCN(C)CC4)c3)n2)cc(N2CCC[C@H]2C)c1. The van der Waals surface area contributed by atoms with E-state index in [9.17, 15) is 8.42 Å². The van der Waals surface area contributed by atoms with Crippen molar-refractivity contribution in [3.8, 4) is 22.9 Å². The number of anilines is 2. The van der Waals surface area contributed by atoms with E-state index in [0.29, 0.717) is 29.1 Å². The molecule has 37 heavy (non-hydrogen) atoms. The largest absolute Gasteiger partial charge is 0.433 e. The standard InChI is InChI=1S/C25H34N8O3S/c1-17-5-4-8-32(17)20-11-18(12-22(13-20)37(34,35)27-2)23-15-28-24(26)25(30-23)36-21-14-29-33(16-21)19-6-9-31(3)10-7-19/h11-17,19,27H,4-10H2,1-3H3,(H2,26,28)/t17-/m1/s1. The summed E-state index contributed by atoms with van der Waals surface area (Å²) in [5.41, 5.74) is 8.01. The molecule has 4 heterocycles. The molecule has 0 bridgehead atoms. The van der Waals surface area contributed by atoms with E-state index in [1.807, 2.05) is 16.9 Å². The van der Waals surface area contributed by atoms with Crippen molar-refractivity contribution < 1.29 is 13.2 Å². The lowest BCUT2D eigenvalue weighted by Crippen LogP contribution is -2.31. The third-order valence-corrected chi connectivity index (χ3v) is 8.67. The number of ether oxygens (including phenoxy) is 1. The molecule has 2 saturated heterocycles. The summed E-state index contributed by atoms with van der Waals surface area (Å²) in [6.07, 6.45) is 9.22. The number of likely N-dealkylation sites (tertiary alicyclic amines) is 1. The third kappa shape index (κ3) is 5.41. The van der Waals surface area contributed by atoms with Crippen LogP contribution < -0.4 is 20.1 Å². The van der Waals surface area contributed by atoms with Gasteiger partial charge in [0.25, 0.3) is 5.88 Å². The zero-order chi connectivity index (χ0) is 26.2. The zero-order valence-electron chi connectivity index (χ0n) is 21.5. The number of nitrogens with one attached hydrogen (secondary N) is 1. The van der Waals surface area contributed by atoms with Gasteiger partial charge in [-0.15, -0.1) is 0 Å². The van der Waals surface area contributed by atoms with E-state index in [-0.39, 0.29) is 16.6 Å². The minimum absolute atomic E-state index is 0.142. The molecule has 3 N–H and O–H groups in total. The molecule has 11 nitrogen and oxygen atoms in total. The second-order valence-electron chi connectivity index (χ2n) is 9.85. The van der Waals surface area contributed by atoms with E-state index >= 15 is 0 Å². The maximum Gasteiger partial charge on any atom is 0.263 e. The van der Waals surface area contributed by atoms with Crippen LogP contribution in [0.25, 0.3) is 11.3 Å². The second-order valence-corrected chi connectivity index (χ2v) is 11.7. The van der Waals surface area contributed by atoms with Crippen LogP contribution in [0.2, 0.25) is 0 Å². The van der Waals surface area contributed by atoms with Gasteiger partial charge in [0.15, 0.2) is 11.6 Å². The molecule has 12 heteroatoms. The van der Waals surface area contributed by atoms with Crippen LogP contribution in [0, 0.1) is 0 Å². The van der Waals surface area contributed by atoms with E-state index < -0.39 is 10.0 Å². The topological polar surface area (TPSA) is 132 Å². The van der Waals surface area contributed by atoms with Crippen LogP contribution in [0.4, 0.5) is 11.5 Å². The molecule has 2 aliphatic heterocycles. The van der Waals surface area contributed by atoms with Crippen molar-refractivity contribution in [1.29, 1.82) is 0 Å². The van der Waals surface area contributed by atoms with Crippen LogP contribution in [-0.2, 0) is 10.0 Å². The zero-order valence-corrected chi connectivity index (χ0v) is 22.3. The van der Waals surface area contributed by atoms with Gasteiger partial charge in [-0.2, -0.15) is 5.10 Å². The van der Waals surface area contributed by atoms with Crippen molar-refractivity contribution in [2.24, 2.45) is 0 Å². The van der Waals surface area contributed by atoms with Gasteiger partial charge in [0, 0.05) is 23.8 Å². The number of aromatic nitrogens is 4. The van der Waals surface area contributed by atoms with Crippen molar-refractivity contribution >= 4 is 21.5 Å². The summed E-state index contributed by atoms with van der Waals surface area (Å²) < 4.78 is 35.8. The molecule has 0 unspecified atom stereocenters. The average molecular weight is 527 g/mol. The summed E-state index contributed by atoms with van der Waals surface area (Å²) in [5, 5.41) is 4.49. The Balaban J connectivity index is 1.45. The lowest BCUT2D eigenvalue weighted by atomic mass is 10.1. The summed E-state index contributed by atoms with van der Waals surface area (Å²) in [4.78, 5) is 13.6. The number of nitrogen functional groups attached to an aromatic ring is 1. The third-order valence-electron chi connectivity index (χ3n) is 7.27. The number of piperidine rings is 1. The van der Waals surface area contributed by atoms with E-state index in [1.165, 1.54) is 13.2 Å². The molecule has 0 spiro atoms. The molecule has 1 atom stereocenters. The Morgan fingerprint density at radius 3 is 2.59 bits per heavy atom. The van der Waals surface area contributed by atoms with Gasteiger partial charge in [-0.1, -0.05) is 0 Å². The Hall–Kier alpha value is -3.22. The van der Waals surface area contributed by atoms with Crippen LogP contribution in [0.1, 0.15) is 38.6 Å². The minimum Gasteiger partial charge on any atom is -0.433 e. The summed E-state index contributed by atoms with van der Waals surface area (Å²) in [6, 6.07) is 5.89. The molecule has 0 radical (unpaired) electrons. The molecule has 2 aromatic heterocycles. The van der Waals surface area contributed by atoms with Crippen LogP contribution >= 0.6 is 0 Å². The van der Waals surface area contributed by atoms with Crippen molar-refractivity contribution in [3.63, 3.8) is 0 Å². The van der Waals surface area contributed by atoms with Crippen molar-refractivity contribution in [2.75, 3.05) is 44.4 Å². The van der Waals surface area contributed by atoms with Crippen molar-refractivity contribution in [1.82, 2.24) is 29.4 Å². The summed E-state index contributed by atoms with van der Waals surface area (Å²) in [7, 11) is -0.142. The fourth-order valence-corrected chi connectivity index (χ4v) is 5.82. The Morgan fingerprint density at radius 1 is 1.11 bits per heavy atom. The van der Waals surface area contributed by atoms with E-state index in [4.69, 9.17) is 10.5 Å². The molecular weight excluding hydrogens is 492 g/mol. The second kappa shape index (κ2) is 10.3. The number of nitrogens with zero attached hydrogens (tertiary/aromatic N) is 6. The van der Waals surface area contributed by atoms with E-state index in [1.54, 1.807) is 18.3 Å². The number of hydrogen-bond acceptors (Lipinski definition) is 9. The molecule has 0 aliphatic carbocycles. The Labute approximate surface area is 217 Å². The van der Waals surface area contributed by atoms with Crippen LogP contribution in [-0.4, -0.2) is 72.8 Å². The molecule has 2 aliphatic rings. The molecule has 198 valence electrons. The number of benzene rings is 1. The molecule has 1 aromatic carbocycles. The number of nitrogens with two attached hydrogens (primary N) is 1. The Morgan fingerprint density at radius 2 is 1.89 bits per heavy atom. The van der Waals surface area contributed by atoms with Crippen LogP contribution in [0.5, 0.6) is 11.6 Å². The van der Waals surface area contributed by atoms with Gasteiger partial charge in [-0.05, 0) is 78.0 Å². The first-order valence-electron chi connectivity index (χ1n) is 12.6. The van der Waals surface area contributed by atoms with Gasteiger partial charge in [-0.3, -0.25) is 4.68 Å². The quantitative estimate of drug-likeness (QED) is 0.477. The molecular formula is C25H34N8O3S. The number of sulfonamides is 1. The highest BCUT2D eigenvalue weighted by Gasteiger charge is 2.24. The lowest BCUT2D eigenvalue weighted by Gasteiger charge is -2.28. The summed E-state index contributed by atoms with van der Waals surface area (Å²) in [6.45, 7) is 5.07. The molecule has 0 saturated carbocycles. The predicted molar refractivity (Wildman–Crippen MR) is 142 cm³/mol. The van der Waals surface area contributed by atoms with Gasteiger partial charge < -0.3 is 20.3 Å². The smallest absolute Gasteiger partial charge is 0.263 e. The molecule has 2 fully saturated rings. The summed E-state index contributed by atoms with van der Waals surface area (Å²) >= 11 is 0. The van der Waals surface area contributed by atoms with Gasteiger partial charge in [0.1, 0.15) is 0 Å². The lowest BCUT2D eigenvalue weighted by molar-refractivity contribution is 0.212. The van der Waals surface area contributed by atoms with E-state index in [0.717, 1.165) is 51.0 Å². The first-order valence-corrected chi connectivity index (χ1v) is 14.1. The fourth-order valence-electron chi connectivity index (χ4n) is 5.03. The van der Waals surface area contributed by atoms with Gasteiger partial charge in [-0.25, -0.2) is 23.1 Å².